The molecule has 0 aliphatic rings. The molecule has 3 nitrogen and oxygen atoms in total. The molecule has 4 heteroatoms. The van der Waals surface area contributed by atoms with Gasteiger partial charge in [0.05, 0.1) is 4.90 Å². The summed E-state index contributed by atoms with van der Waals surface area (Å²) < 4.78 is 26.1. The summed E-state index contributed by atoms with van der Waals surface area (Å²) in [4.78, 5) is 0.145. The molecule has 1 N–H and O–H groups in total. The lowest BCUT2D eigenvalue weighted by Gasteiger charge is -2.19. The van der Waals surface area contributed by atoms with Gasteiger partial charge in [0.1, 0.15) is 10.6 Å². The fourth-order valence-electron chi connectivity index (χ4n) is 2.77. The van der Waals surface area contributed by atoms with Crippen LogP contribution >= 0.6 is 0 Å². The van der Waals surface area contributed by atoms with E-state index in [4.69, 9.17) is 0 Å². The van der Waals surface area contributed by atoms with Gasteiger partial charge in [0, 0.05) is 5.39 Å². The molecule has 0 bridgehead atoms. The van der Waals surface area contributed by atoms with Crippen LogP contribution < -0.4 is 0 Å². The van der Waals surface area contributed by atoms with Crippen LogP contribution in [0.3, 0.4) is 0 Å². The maximum atomic E-state index is 13.1. The fraction of sp³-hybridized carbons (Fsp3) is 0.200. The zero-order valence-corrected chi connectivity index (χ0v) is 14.8. The number of hydrogen-bond donors (Lipinski definition) is 1. The van der Waals surface area contributed by atoms with E-state index in [1.807, 2.05) is 24.3 Å². The van der Waals surface area contributed by atoms with Gasteiger partial charge >= 0.3 is 0 Å². The van der Waals surface area contributed by atoms with E-state index < -0.39 is 9.84 Å². The van der Waals surface area contributed by atoms with Crippen LogP contribution in [0.15, 0.2) is 70.5 Å². The van der Waals surface area contributed by atoms with E-state index in [2.05, 4.69) is 20.8 Å². The predicted octanol–water partition coefficient (Wildman–Crippen LogP) is 4.68. The van der Waals surface area contributed by atoms with Crippen LogP contribution in [0.2, 0.25) is 0 Å². The highest BCUT2D eigenvalue weighted by Gasteiger charge is 2.25. The second-order valence-corrected chi connectivity index (χ2v) is 8.80. The number of benzene rings is 3. The number of fused-ring (bicyclic) bond motifs is 1. The molecule has 0 unspecified atom stereocenters. The molecule has 0 aromatic heterocycles. The Kier molecular flexibility index (Phi) is 3.88. The summed E-state index contributed by atoms with van der Waals surface area (Å²) in [6.07, 6.45) is 0. The van der Waals surface area contributed by atoms with Gasteiger partial charge in [-0.05, 0) is 34.6 Å². The molecule has 3 aromatic rings. The Hall–Kier alpha value is -2.33. The number of sulfone groups is 1. The number of rotatable bonds is 2. The van der Waals surface area contributed by atoms with E-state index in [0.717, 1.165) is 10.9 Å². The monoisotopic (exact) mass is 340 g/mol. The minimum atomic E-state index is -3.81. The largest absolute Gasteiger partial charge is 0.507 e. The van der Waals surface area contributed by atoms with Crippen LogP contribution in [0.25, 0.3) is 10.8 Å². The van der Waals surface area contributed by atoms with Crippen molar-refractivity contribution in [1.82, 2.24) is 0 Å². The second kappa shape index (κ2) is 5.64. The molecule has 24 heavy (non-hydrogen) atoms. The molecule has 0 aliphatic heterocycles. The Balaban J connectivity index is 2.20. The van der Waals surface area contributed by atoms with Crippen LogP contribution in [0, 0.1) is 0 Å². The third kappa shape index (κ3) is 2.78. The molecule has 0 aliphatic carbocycles. The minimum absolute atomic E-state index is 0.0379. The summed E-state index contributed by atoms with van der Waals surface area (Å²) in [5, 5.41) is 11.5. The van der Waals surface area contributed by atoms with Crippen molar-refractivity contribution in [3.8, 4) is 5.75 Å². The number of phenols is 1. The summed E-state index contributed by atoms with van der Waals surface area (Å²) in [5.41, 5.74) is 1.01. The average Bonchev–Trinajstić information content (AvgIpc) is 2.53. The van der Waals surface area contributed by atoms with Crippen molar-refractivity contribution in [3.05, 3.63) is 66.2 Å². The van der Waals surface area contributed by atoms with Crippen LogP contribution in [0.1, 0.15) is 26.3 Å². The first-order chi connectivity index (χ1) is 11.2. The van der Waals surface area contributed by atoms with Gasteiger partial charge in [-0.15, -0.1) is 0 Å². The van der Waals surface area contributed by atoms with E-state index in [1.165, 1.54) is 6.07 Å². The molecule has 0 atom stereocenters. The molecule has 0 saturated heterocycles. The minimum Gasteiger partial charge on any atom is -0.507 e. The van der Waals surface area contributed by atoms with Gasteiger partial charge in [-0.25, -0.2) is 8.42 Å². The quantitative estimate of drug-likeness (QED) is 0.737. The molecule has 0 amide bonds. The smallest absolute Gasteiger partial charge is 0.210 e. The lowest BCUT2D eigenvalue weighted by Crippen LogP contribution is -2.11. The van der Waals surface area contributed by atoms with Gasteiger partial charge in [-0.1, -0.05) is 63.2 Å². The SMILES string of the molecule is CC(C)(C)c1ccc(S(=O)(=O)c2c(O)ccc3ccccc23)cc1. The Morgan fingerprint density at radius 1 is 0.833 bits per heavy atom. The van der Waals surface area contributed by atoms with Crippen molar-refractivity contribution in [3.63, 3.8) is 0 Å². The van der Waals surface area contributed by atoms with Crippen molar-refractivity contribution >= 4 is 20.6 Å². The first-order valence-electron chi connectivity index (χ1n) is 7.77. The van der Waals surface area contributed by atoms with Gasteiger partial charge in [-0.3, -0.25) is 0 Å². The maximum absolute atomic E-state index is 13.1. The Bertz CT molecular complexity index is 995. The standard InChI is InChI=1S/C20H20O3S/c1-20(2,3)15-9-11-16(12-10-15)24(22,23)19-17-7-5-4-6-14(17)8-13-18(19)21/h4-13,21H,1-3H3. The third-order valence-electron chi connectivity index (χ3n) is 4.16. The normalized spacial score (nSPS) is 12.5. The molecule has 0 fully saturated rings. The topological polar surface area (TPSA) is 54.4 Å². The summed E-state index contributed by atoms with van der Waals surface area (Å²) >= 11 is 0. The molecule has 0 radical (unpaired) electrons. The fourth-order valence-corrected chi connectivity index (χ4v) is 4.31. The molecule has 3 rings (SSSR count). The first kappa shape index (κ1) is 16.5. The third-order valence-corrected chi connectivity index (χ3v) is 6.02. The van der Waals surface area contributed by atoms with Gasteiger partial charge in [0.2, 0.25) is 9.84 Å². The van der Waals surface area contributed by atoms with Gasteiger partial charge in [0.25, 0.3) is 0 Å². The molecule has 0 spiro atoms. The van der Waals surface area contributed by atoms with Crippen molar-refractivity contribution in [2.45, 2.75) is 36.0 Å². The lowest BCUT2D eigenvalue weighted by atomic mass is 9.87. The zero-order valence-electron chi connectivity index (χ0n) is 13.9. The van der Waals surface area contributed by atoms with Crippen LogP contribution in [0.5, 0.6) is 5.75 Å². The van der Waals surface area contributed by atoms with Crippen molar-refractivity contribution in [1.29, 1.82) is 0 Å². The Morgan fingerprint density at radius 3 is 2.08 bits per heavy atom. The highest BCUT2D eigenvalue weighted by Crippen LogP contribution is 2.35. The van der Waals surface area contributed by atoms with Crippen LogP contribution in [-0.2, 0) is 15.3 Å². The van der Waals surface area contributed by atoms with Crippen molar-refractivity contribution < 1.29 is 13.5 Å². The summed E-state index contributed by atoms with van der Waals surface area (Å²) in [6.45, 7) is 6.23. The second-order valence-electron chi connectivity index (χ2n) is 6.91. The summed E-state index contributed by atoms with van der Waals surface area (Å²) in [5.74, 6) is -0.228. The predicted molar refractivity (Wildman–Crippen MR) is 96.2 cm³/mol. The van der Waals surface area contributed by atoms with Gasteiger partial charge in [-0.2, -0.15) is 0 Å². The molecule has 0 heterocycles. The van der Waals surface area contributed by atoms with E-state index in [9.17, 15) is 13.5 Å². The average molecular weight is 340 g/mol. The number of phenolic OH excluding ortho intramolecular Hbond substituents is 1. The Morgan fingerprint density at radius 2 is 1.46 bits per heavy atom. The lowest BCUT2D eigenvalue weighted by molar-refractivity contribution is 0.460. The van der Waals surface area contributed by atoms with Gasteiger partial charge < -0.3 is 5.11 Å². The number of hydrogen-bond acceptors (Lipinski definition) is 3. The van der Waals surface area contributed by atoms with Crippen LogP contribution in [0.4, 0.5) is 0 Å². The zero-order chi connectivity index (χ0) is 17.5. The highest BCUT2D eigenvalue weighted by molar-refractivity contribution is 7.91. The molecular weight excluding hydrogens is 320 g/mol. The molecule has 0 saturated carbocycles. The van der Waals surface area contributed by atoms with Gasteiger partial charge in [0.15, 0.2) is 0 Å². The Labute approximate surface area is 142 Å². The van der Waals surface area contributed by atoms with E-state index in [-0.39, 0.29) is 21.0 Å². The maximum Gasteiger partial charge on any atom is 0.210 e. The molecular formula is C20H20O3S. The number of aromatic hydroxyl groups is 1. The highest BCUT2D eigenvalue weighted by atomic mass is 32.2. The first-order valence-corrected chi connectivity index (χ1v) is 9.26. The van der Waals surface area contributed by atoms with E-state index >= 15 is 0 Å². The molecule has 3 aromatic carbocycles. The molecule has 124 valence electrons. The summed E-state index contributed by atoms with van der Waals surface area (Å²) in [7, 11) is -3.81. The summed E-state index contributed by atoms with van der Waals surface area (Å²) in [6, 6.07) is 17.2. The van der Waals surface area contributed by atoms with E-state index in [0.29, 0.717) is 5.39 Å². The van der Waals surface area contributed by atoms with Crippen LogP contribution in [-0.4, -0.2) is 13.5 Å². The van der Waals surface area contributed by atoms with Crippen molar-refractivity contribution in [2.75, 3.05) is 0 Å². The van der Waals surface area contributed by atoms with Crippen molar-refractivity contribution in [2.24, 2.45) is 0 Å². The van der Waals surface area contributed by atoms with E-state index in [1.54, 1.807) is 30.3 Å².